The van der Waals surface area contributed by atoms with Crippen LogP contribution in [-0.2, 0) is 63.6 Å². The molecule has 460 valence electrons. The molecular weight excluding hydrogens is 1140 g/mol. The second-order valence-corrected chi connectivity index (χ2v) is 24.2. The molecule has 1 unspecified atom stereocenters. The van der Waals surface area contributed by atoms with Crippen LogP contribution in [0.4, 0.5) is 10.5 Å². The third kappa shape index (κ3) is 15.6. The van der Waals surface area contributed by atoms with Crippen LogP contribution >= 0.6 is 23.4 Å². The third-order valence-electron chi connectivity index (χ3n) is 16.4. The maximum Gasteiger partial charge on any atom is 0.409 e. The fraction of sp³-hybridized carbons (Fsp3) is 0.462. The van der Waals surface area contributed by atoms with E-state index in [0.717, 1.165) is 39.1 Å². The molecular formula is C65H79ClN6O13S. The highest BCUT2D eigenvalue weighted by Crippen LogP contribution is 2.50. The molecule has 4 aromatic rings. The van der Waals surface area contributed by atoms with Gasteiger partial charge in [-0.15, -0.1) is 11.8 Å². The first kappa shape index (κ1) is 65.1. The van der Waals surface area contributed by atoms with Gasteiger partial charge in [-0.2, -0.15) is 5.10 Å². The minimum Gasteiger partial charge on any atom is -0.457 e. The Kier molecular flexibility index (Phi) is 22.1. The van der Waals surface area contributed by atoms with Gasteiger partial charge >= 0.3 is 12.1 Å². The molecule has 2 fully saturated rings. The number of benzene rings is 4. The van der Waals surface area contributed by atoms with E-state index in [0.29, 0.717) is 29.3 Å². The number of aryl methyl sites for hydroxylation is 1. The van der Waals surface area contributed by atoms with Gasteiger partial charge in [-0.05, 0) is 74.4 Å². The van der Waals surface area contributed by atoms with E-state index in [1.807, 2.05) is 86.7 Å². The molecule has 4 aromatic carbocycles. The molecule has 0 radical (unpaired) electrons. The summed E-state index contributed by atoms with van der Waals surface area (Å²) in [5, 5.41) is 23.3. The number of aliphatic hydroxyl groups is 1. The summed E-state index contributed by atoms with van der Waals surface area (Å²) in [6.07, 6.45) is 1.42. The van der Waals surface area contributed by atoms with Crippen molar-refractivity contribution in [2.45, 2.75) is 120 Å². The van der Waals surface area contributed by atoms with Gasteiger partial charge in [0.15, 0.2) is 5.72 Å². The second kappa shape index (κ2) is 29.2. The van der Waals surface area contributed by atoms with E-state index in [1.165, 1.54) is 35.9 Å². The van der Waals surface area contributed by atoms with Crippen molar-refractivity contribution in [1.82, 2.24) is 20.5 Å². The number of rotatable bonds is 22. The van der Waals surface area contributed by atoms with E-state index in [1.54, 1.807) is 44.8 Å². The van der Waals surface area contributed by atoms with Crippen molar-refractivity contribution in [2.75, 3.05) is 71.4 Å². The minimum atomic E-state index is -1.86. The number of likely N-dealkylation sites (N-methyl/N-ethyl adjacent to an activating group) is 1. The lowest BCUT2D eigenvalue weighted by molar-refractivity contribution is -0.162. The van der Waals surface area contributed by atoms with Crippen molar-refractivity contribution in [1.29, 1.82) is 0 Å². The molecule has 0 spiro atoms. The number of hydrogen-bond acceptors (Lipinski definition) is 15. The zero-order valence-corrected chi connectivity index (χ0v) is 51.7. The quantitative estimate of drug-likeness (QED) is 0.0293. The van der Waals surface area contributed by atoms with Gasteiger partial charge in [0.25, 0.3) is 0 Å². The predicted molar refractivity (Wildman–Crippen MR) is 328 cm³/mol. The Morgan fingerprint density at radius 1 is 0.930 bits per heavy atom. The van der Waals surface area contributed by atoms with Gasteiger partial charge in [-0.1, -0.05) is 139 Å². The average Bonchev–Trinajstić information content (AvgIpc) is 4.06. The molecule has 4 heterocycles. The number of amides is 5. The monoisotopic (exact) mass is 1220 g/mol. The van der Waals surface area contributed by atoms with Crippen LogP contribution in [-0.4, -0.2) is 165 Å². The van der Waals surface area contributed by atoms with Crippen LogP contribution in [0, 0.1) is 12.8 Å². The largest absolute Gasteiger partial charge is 0.457 e. The topological polar surface area (TPSA) is 227 Å². The zero-order valence-electron chi connectivity index (χ0n) is 50.1. The fourth-order valence-electron chi connectivity index (χ4n) is 11.2. The number of nitrogens with one attached hydrogen (secondary N) is 2. The summed E-state index contributed by atoms with van der Waals surface area (Å²) in [5.74, 6) is -2.13. The molecule has 19 nitrogen and oxygen atoms in total. The molecule has 8 rings (SSSR count). The van der Waals surface area contributed by atoms with Gasteiger partial charge in [-0.25, -0.2) is 14.6 Å². The third-order valence-corrected chi connectivity index (χ3v) is 18.4. The summed E-state index contributed by atoms with van der Waals surface area (Å²) in [6, 6.07) is 33.9. The van der Waals surface area contributed by atoms with Gasteiger partial charge in [0.2, 0.25) is 23.6 Å². The molecule has 21 heteroatoms. The van der Waals surface area contributed by atoms with Crippen molar-refractivity contribution in [3.05, 3.63) is 160 Å². The highest BCUT2D eigenvalue weighted by Gasteiger charge is 2.64. The van der Waals surface area contributed by atoms with E-state index < -0.39 is 76.3 Å². The van der Waals surface area contributed by atoms with E-state index >= 15 is 0 Å². The zero-order chi connectivity index (χ0) is 61.8. The van der Waals surface area contributed by atoms with E-state index in [-0.39, 0.29) is 77.0 Å². The van der Waals surface area contributed by atoms with Gasteiger partial charge in [0, 0.05) is 51.6 Å². The number of esters is 1. The SMILES string of the molecule is CO[C@@H]1/C=C/C=C(\C)Cc2cc(C)c(Cl)c(c2)N(C)C(=O)C[C@H](OC(=O)[C@H](C)N(C)C(=O)CCOCCOCCNC(=O)CN2N=C(CCSC(c3ccccc3)(c3ccccc3)c3ccccc3)CC2=O)[C@]2(C)OC2[C@H](C)[C@@H]2C[C@@]1(O)NC(=O)O2. The van der Waals surface area contributed by atoms with Crippen LogP contribution in [0.2, 0.25) is 5.02 Å². The van der Waals surface area contributed by atoms with Crippen LogP contribution in [0.1, 0.15) is 87.6 Å². The number of epoxide rings is 1. The summed E-state index contributed by atoms with van der Waals surface area (Å²) in [5.41, 5.74) is 4.08. The lowest BCUT2D eigenvalue weighted by atomic mass is 9.83. The highest BCUT2D eigenvalue weighted by molar-refractivity contribution is 8.00. The van der Waals surface area contributed by atoms with Crippen LogP contribution in [0.3, 0.4) is 0 Å². The lowest BCUT2D eigenvalue weighted by Crippen LogP contribution is -2.63. The number of fused-ring (bicyclic) bond motifs is 5. The van der Waals surface area contributed by atoms with Crippen LogP contribution < -0.4 is 15.5 Å². The molecule has 0 aromatic heterocycles. The molecule has 8 atom stereocenters. The first-order valence-corrected chi connectivity index (χ1v) is 30.4. The van der Waals surface area contributed by atoms with Crippen LogP contribution in [0.5, 0.6) is 0 Å². The molecule has 2 saturated heterocycles. The number of alkyl carbamates (subject to hydrolysis) is 1. The maximum atomic E-state index is 14.3. The Hall–Kier alpha value is -6.91. The summed E-state index contributed by atoms with van der Waals surface area (Å²) in [4.78, 5) is 83.5. The second-order valence-electron chi connectivity index (χ2n) is 22.5. The molecule has 86 heavy (non-hydrogen) atoms. The summed E-state index contributed by atoms with van der Waals surface area (Å²) in [6.45, 7) is 9.31. The molecule has 5 amide bonds. The Balaban J connectivity index is 0.787. The molecule has 3 N–H and O–H groups in total. The van der Waals surface area contributed by atoms with E-state index in [9.17, 15) is 33.9 Å². The highest BCUT2D eigenvalue weighted by atomic mass is 35.5. The molecule has 4 aliphatic rings. The minimum absolute atomic E-state index is 0.0237. The Bertz CT molecular complexity index is 3060. The molecule has 4 bridgehead atoms. The van der Waals surface area contributed by atoms with Crippen molar-refractivity contribution >= 4 is 70.5 Å². The standard InChI is InChI=1S/C65H79ClN6O13S/c1-42-19-18-26-53(80-8)64(79)40-52(83-62(78)68-64)44(3)60-63(5,85-60)54(39-57(75)71(7)51-37-46(35-42)36-43(2)59(51)66)84-61(77)45(4)70(6)56(74)27-30-81-32-33-82-31-29-67-55(73)41-72-58(76)38-50(69-72)28-34-86-65(47-20-12-9-13-21-47,48-22-14-10-15-23-48)49-24-16-11-17-25-49/h9-26,36-37,44-45,52-54,60,79H,27-35,38-41H2,1-8H3,(H,67,73)(H,68,78)/b26-18+,42-19+/t44-,45+,52+,53-,54+,60?,63+,64+/m1/s1. The number of allylic oxidation sites excluding steroid dienone is 3. The average molecular weight is 1220 g/mol. The smallest absolute Gasteiger partial charge is 0.409 e. The number of carbonyl (C=O) groups is 6. The number of thioether (sulfide) groups is 1. The fourth-order valence-corrected chi connectivity index (χ4v) is 13.0. The van der Waals surface area contributed by atoms with Gasteiger partial charge in [0.05, 0.1) is 67.3 Å². The number of nitrogens with zero attached hydrogens (tertiary/aromatic N) is 4. The lowest BCUT2D eigenvalue weighted by Gasteiger charge is -2.42. The normalized spacial score (nSPS) is 24.7. The van der Waals surface area contributed by atoms with Gasteiger partial charge in [0.1, 0.15) is 36.5 Å². The number of hydrogen-bond donors (Lipinski definition) is 3. The molecule has 0 saturated carbocycles. The number of anilines is 1. The number of hydrazone groups is 1. The predicted octanol–water partition coefficient (Wildman–Crippen LogP) is 8.06. The van der Waals surface area contributed by atoms with Crippen molar-refractivity contribution in [3.63, 3.8) is 0 Å². The number of methoxy groups -OCH3 is 1. The summed E-state index contributed by atoms with van der Waals surface area (Å²) < 4.78 is 34.7. The maximum absolute atomic E-state index is 14.3. The number of ether oxygens (including phenoxy) is 6. The Morgan fingerprint density at radius 2 is 1.56 bits per heavy atom. The summed E-state index contributed by atoms with van der Waals surface area (Å²) in [7, 11) is 4.50. The Morgan fingerprint density at radius 3 is 2.19 bits per heavy atom. The first-order valence-electron chi connectivity index (χ1n) is 29.0. The number of carbonyl (C=O) groups excluding carboxylic acids is 6. The van der Waals surface area contributed by atoms with Crippen molar-refractivity contribution < 1.29 is 62.3 Å². The van der Waals surface area contributed by atoms with Gasteiger partial charge < -0.3 is 48.6 Å². The van der Waals surface area contributed by atoms with Crippen molar-refractivity contribution in [2.24, 2.45) is 11.0 Å². The van der Waals surface area contributed by atoms with E-state index in [4.69, 9.17) is 40.0 Å². The summed E-state index contributed by atoms with van der Waals surface area (Å²) >= 11 is 8.63. The van der Waals surface area contributed by atoms with Crippen LogP contribution in [0.25, 0.3) is 0 Å². The first-order chi connectivity index (χ1) is 41.2. The van der Waals surface area contributed by atoms with Crippen LogP contribution in [0.15, 0.2) is 132 Å². The van der Waals surface area contributed by atoms with E-state index in [2.05, 4.69) is 52.1 Å². The van der Waals surface area contributed by atoms with Gasteiger partial charge in [-0.3, -0.25) is 24.5 Å². The molecule has 4 aliphatic heterocycles. The molecule has 0 aliphatic carbocycles. The van der Waals surface area contributed by atoms with Crippen molar-refractivity contribution in [3.8, 4) is 0 Å². The number of halogens is 1. The Labute approximate surface area is 512 Å².